The van der Waals surface area contributed by atoms with Crippen LogP contribution in [0, 0.1) is 5.82 Å². The van der Waals surface area contributed by atoms with Gasteiger partial charge in [-0.15, -0.1) is 0 Å². The van der Waals surface area contributed by atoms with Crippen LogP contribution in [0.1, 0.15) is 12.0 Å². The topological polar surface area (TPSA) is 49.8 Å². The van der Waals surface area contributed by atoms with Crippen molar-refractivity contribution in [2.24, 2.45) is 0 Å². The minimum Gasteiger partial charge on any atom is -0.480 e. The molecule has 5 heteroatoms. The van der Waals surface area contributed by atoms with Crippen LogP contribution < -0.4 is 0 Å². The molecule has 1 aliphatic heterocycles. The van der Waals surface area contributed by atoms with E-state index in [1.54, 1.807) is 18.2 Å². The number of carboxylic acids is 1. The number of nitrogens with zero attached hydrogens (tertiary/aromatic N) is 1. The van der Waals surface area contributed by atoms with E-state index in [4.69, 9.17) is 4.74 Å². The summed E-state index contributed by atoms with van der Waals surface area (Å²) in [5, 5.41) is 9.30. The van der Waals surface area contributed by atoms with Gasteiger partial charge in [-0.3, -0.25) is 9.69 Å². The molecule has 0 saturated carbocycles. The van der Waals surface area contributed by atoms with Crippen molar-refractivity contribution in [1.29, 1.82) is 0 Å². The smallest absolute Gasteiger partial charge is 0.320 e. The second-order valence-electron chi connectivity index (χ2n) is 4.63. The predicted octanol–water partition coefficient (Wildman–Crippen LogP) is 1.54. The molecule has 1 aromatic carbocycles. The highest BCUT2D eigenvalue weighted by atomic mass is 19.1. The maximum atomic E-state index is 13.5. The first-order valence-corrected chi connectivity index (χ1v) is 6.46. The highest BCUT2D eigenvalue weighted by Crippen LogP contribution is 2.14. The fourth-order valence-electron chi connectivity index (χ4n) is 2.34. The van der Waals surface area contributed by atoms with Gasteiger partial charge in [0.25, 0.3) is 0 Å². The normalized spacial score (nSPS) is 18.2. The number of hydrogen-bond donors (Lipinski definition) is 1. The van der Waals surface area contributed by atoms with Crippen molar-refractivity contribution < 1.29 is 19.0 Å². The van der Waals surface area contributed by atoms with Gasteiger partial charge in [0, 0.05) is 13.1 Å². The number of carbonyl (C=O) groups is 1. The summed E-state index contributed by atoms with van der Waals surface area (Å²) < 4.78 is 18.7. The zero-order valence-electron chi connectivity index (χ0n) is 10.7. The van der Waals surface area contributed by atoms with E-state index in [0.717, 1.165) is 0 Å². The van der Waals surface area contributed by atoms with E-state index in [1.807, 2.05) is 4.90 Å². The summed E-state index contributed by atoms with van der Waals surface area (Å²) in [6.07, 6.45) is 0.845. The number of benzene rings is 1. The van der Waals surface area contributed by atoms with Gasteiger partial charge in [0.1, 0.15) is 11.9 Å². The van der Waals surface area contributed by atoms with Gasteiger partial charge in [-0.1, -0.05) is 18.2 Å². The predicted molar refractivity (Wildman–Crippen MR) is 68.5 cm³/mol. The molecule has 0 aromatic heterocycles. The molecule has 19 heavy (non-hydrogen) atoms. The van der Waals surface area contributed by atoms with Crippen molar-refractivity contribution in [3.63, 3.8) is 0 Å². The molecule has 1 saturated heterocycles. The van der Waals surface area contributed by atoms with Crippen LogP contribution in [0.25, 0.3) is 0 Å². The summed E-state index contributed by atoms with van der Waals surface area (Å²) in [6.45, 7) is 2.36. The number of halogens is 1. The van der Waals surface area contributed by atoms with Crippen LogP contribution in [-0.2, 0) is 16.0 Å². The fourth-order valence-corrected chi connectivity index (χ4v) is 2.34. The molecule has 1 N–H and O–H groups in total. The number of ether oxygens (including phenoxy) is 1. The lowest BCUT2D eigenvalue weighted by Gasteiger charge is -2.31. The monoisotopic (exact) mass is 267 g/mol. The lowest BCUT2D eigenvalue weighted by Crippen LogP contribution is -2.47. The maximum Gasteiger partial charge on any atom is 0.320 e. The van der Waals surface area contributed by atoms with Gasteiger partial charge in [0.05, 0.1) is 13.2 Å². The Morgan fingerprint density at radius 2 is 2.05 bits per heavy atom. The van der Waals surface area contributed by atoms with Gasteiger partial charge >= 0.3 is 5.97 Å². The number of morpholine rings is 1. The van der Waals surface area contributed by atoms with Crippen molar-refractivity contribution in [3.05, 3.63) is 35.6 Å². The Labute approximate surface area is 111 Å². The first-order chi connectivity index (χ1) is 9.18. The van der Waals surface area contributed by atoms with Gasteiger partial charge in [0.15, 0.2) is 0 Å². The lowest BCUT2D eigenvalue weighted by molar-refractivity contribution is -0.145. The van der Waals surface area contributed by atoms with E-state index < -0.39 is 12.0 Å². The molecule has 1 aliphatic rings. The third-order valence-corrected chi connectivity index (χ3v) is 3.42. The molecule has 1 unspecified atom stereocenters. The molecule has 1 atom stereocenters. The Balaban J connectivity index is 1.97. The third-order valence-electron chi connectivity index (χ3n) is 3.42. The molecule has 4 nitrogen and oxygen atoms in total. The van der Waals surface area contributed by atoms with Gasteiger partial charge < -0.3 is 9.84 Å². The lowest BCUT2D eigenvalue weighted by atomic mass is 10.0. The van der Waals surface area contributed by atoms with Crippen LogP contribution in [-0.4, -0.2) is 48.3 Å². The first-order valence-electron chi connectivity index (χ1n) is 6.46. The molecule has 2 rings (SSSR count). The average Bonchev–Trinajstić information content (AvgIpc) is 2.42. The van der Waals surface area contributed by atoms with Crippen molar-refractivity contribution in [2.45, 2.75) is 18.9 Å². The Morgan fingerprint density at radius 3 is 2.68 bits per heavy atom. The third kappa shape index (κ3) is 3.75. The standard InChI is InChI=1S/C14H18FNO3/c15-12-4-2-1-3-11(12)5-6-13(14(17)18)16-7-9-19-10-8-16/h1-4,13H,5-10H2,(H,17,18). The summed E-state index contributed by atoms with van der Waals surface area (Å²) in [4.78, 5) is 13.2. The first kappa shape index (κ1) is 14.0. The van der Waals surface area contributed by atoms with Crippen LogP contribution in [0.3, 0.4) is 0 Å². The molecule has 0 bridgehead atoms. The van der Waals surface area contributed by atoms with E-state index in [9.17, 15) is 14.3 Å². The van der Waals surface area contributed by atoms with Crippen LogP contribution in [0.5, 0.6) is 0 Å². The molecule has 1 heterocycles. The molecule has 0 aliphatic carbocycles. The molecule has 104 valence electrons. The zero-order valence-corrected chi connectivity index (χ0v) is 10.7. The quantitative estimate of drug-likeness (QED) is 0.879. The van der Waals surface area contributed by atoms with Gasteiger partial charge in [-0.25, -0.2) is 4.39 Å². The summed E-state index contributed by atoms with van der Waals surface area (Å²) >= 11 is 0. The number of rotatable bonds is 5. The summed E-state index contributed by atoms with van der Waals surface area (Å²) in [5.41, 5.74) is 0.571. The van der Waals surface area contributed by atoms with Crippen LogP contribution in [0.15, 0.2) is 24.3 Å². The Kier molecular flexibility index (Phi) is 4.87. The summed E-state index contributed by atoms with van der Waals surface area (Å²) in [6, 6.07) is 5.94. The summed E-state index contributed by atoms with van der Waals surface area (Å²) in [5.74, 6) is -1.12. The van der Waals surface area contributed by atoms with Crippen LogP contribution >= 0.6 is 0 Å². The minimum absolute atomic E-state index is 0.270. The van der Waals surface area contributed by atoms with E-state index >= 15 is 0 Å². The van der Waals surface area contributed by atoms with E-state index in [-0.39, 0.29) is 5.82 Å². The number of carboxylic acid groups (broad SMARTS) is 1. The minimum atomic E-state index is -0.849. The molecule has 1 aromatic rings. The molecular formula is C14H18FNO3. The van der Waals surface area contributed by atoms with Gasteiger partial charge in [-0.2, -0.15) is 0 Å². The van der Waals surface area contributed by atoms with Crippen LogP contribution in [0.4, 0.5) is 4.39 Å². The number of hydrogen-bond acceptors (Lipinski definition) is 3. The maximum absolute atomic E-state index is 13.5. The fraction of sp³-hybridized carbons (Fsp3) is 0.500. The van der Waals surface area contributed by atoms with Crippen molar-refractivity contribution in [2.75, 3.05) is 26.3 Å². The van der Waals surface area contributed by atoms with Crippen molar-refractivity contribution in [1.82, 2.24) is 4.90 Å². The summed E-state index contributed by atoms with van der Waals surface area (Å²) in [7, 11) is 0. The van der Waals surface area contributed by atoms with Crippen molar-refractivity contribution >= 4 is 5.97 Å². The average molecular weight is 267 g/mol. The second kappa shape index (κ2) is 6.63. The number of aryl methyl sites for hydroxylation is 1. The van der Waals surface area contributed by atoms with E-state index in [0.29, 0.717) is 44.7 Å². The number of aliphatic carboxylic acids is 1. The molecule has 0 amide bonds. The Hall–Kier alpha value is -1.46. The van der Waals surface area contributed by atoms with E-state index in [2.05, 4.69) is 0 Å². The van der Waals surface area contributed by atoms with Gasteiger partial charge in [-0.05, 0) is 24.5 Å². The highest BCUT2D eigenvalue weighted by molar-refractivity contribution is 5.73. The molecule has 0 radical (unpaired) electrons. The van der Waals surface area contributed by atoms with Gasteiger partial charge in [0.2, 0.25) is 0 Å². The second-order valence-corrected chi connectivity index (χ2v) is 4.63. The van der Waals surface area contributed by atoms with Crippen LogP contribution in [0.2, 0.25) is 0 Å². The largest absolute Gasteiger partial charge is 0.480 e. The Bertz CT molecular complexity index is 432. The molecular weight excluding hydrogens is 249 g/mol. The zero-order chi connectivity index (χ0) is 13.7. The highest BCUT2D eigenvalue weighted by Gasteiger charge is 2.26. The molecule has 0 spiro atoms. The van der Waals surface area contributed by atoms with E-state index in [1.165, 1.54) is 6.07 Å². The molecule has 1 fully saturated rings. The SMILES string of the molecule is O=C(O)C(CCc1ccccc1F)N1CCOCC1. The van der Waals surface area contributed by atoms with Crippen molar-refractivity contribution in [3.8, 4) is 0 Å². The Morgan fingerprint density at radius 1 is 1.37 bits per heavy atom.